The molecule has 1 heterocycles. The molecule has 0 radical (unpaired) electrons. The number of carbonyl (C=O) groups excluding carboxylic acids is 1. The molecule has 21 heavy (non-hydrogen) atoms. The van der Waals surface area contributed by atoms with E-state index in [-0.39, 0.29) is 16.5 Å². The highest BCUT2D eigenvalue weighted by atomic mass is 16.6. The second-order valence-electron chi connectivity index (χ2n) is 5.00. The highest BCUT2D eigenvalue weighted by Gasteiger charge is 2.17. The minimum Gasteiger partial charge on any atom is -0.385 e. The Labute approximate surface area is 123 Å². The van der Waals surface area contributed by atoms with Gasteiger partial charge in [0.2, 0.25) is 5.91 Å². The molecule has 0 saturated carbocycles. The third kappa shape index (κ3) is 4.16. The van der Waals surface area contributed by atoms with Gasteiger partial charge < -0.3 is 10.6 Å². The monoisotopic (exact) mass is 292 g/mol. The molecule has 0 atom stereocenters. The lowest BCUT2D eigenvalue weighted by atomic mass is 10.1. The number of nitro benzene ring substituents is 1. The summed E-state index contributed by atoms with van der Waals surface area (Å²) in [5, 5.41) is 17.0. The average Bonchev–Trinajstić information content (AvgIpc) is 2.66. The van der Waals surface area contributed by atoms with Crippen LogP contribution in [-0.2, 0) is 11.3 Å². The summed E-state index contributed by atoms with van der Waals surface area (Å²) in [6, 6.07) is 4.87. The van der Waals surface area contributed by atoms with E-state index in [0.29, 0.717) is 26.1 Å². The smallest absolute Gasteiger partial charge is 0.269 e. The molecule has 1 saturated heterocycles. The minimum atomic E-state index is -0.382. The second kappa shape index (κ2) is 7.03. The van der Waals surface area contributed by atoms with Gasteiger partial charge in [0.25, 0.3) is 5.69 Å². The summed E-state index contributed by atoms with van der Waals surface area (Å²) in [4.78, 5) is 24.0. The molecule has 1 aromatic rings. The maximum absolute atomic E-state index is 11.4. The van der Waals surface area contributed by atoms with E-state index < -0.39 is 0 Å². The van der Waals surface area contributed by atoms with Crippen molar-refractivity contribution in [3.05, 3.63) is 33.9 Å². The minimum absolute atomic E-state index is 0.0587. The molecule has 0 spiro atoms. The Morgan fingerprint density at radius 1 is 1.43 bits per heavy atom. The van der Waals surface area contributed by atoms with Crippen LogP contribution in [0.15, 0.2) is 18.2 Å². The lowest BCUT2D eigenvalue weighted by Gasteiger charge is -2.21. The summed E-state index contributed by atoms with van der Waals surface area (Å²) in [5.74, 6) is 0.0587. The van der Waals surface area contributed by atoms with Gasteiger partial charge in [-0.05, 0) is 18.6 Å². The third-order valence-corrected chi connectivity index (χ3v) is 3.47. The maximum Gasteiger partial charge on any atom is 0.269 e. The molecule has 1 amide bonds. The summed E-state index contributed by atoms with van der Waals surface area (Å²) in [6.45, 7) is 5.37. The van der Waals surface area contributed by atoms with Gasteiger partial charge >= 0.3 is 0 Å². The largest absolute Gasteiger partial charge is 0.385 e. The number of nitrogens with zero attached hydrogens (tertiary/aromatic N) is 2. The van der Waals surface area contributed by atoms with E-state index in [9.17, 15) is 14.9 Å². The summed E-state index contributed by atoms with van der Waals surface area (Å²) in [5.41, 5.74) is 1.89. The van der Waals surface area contributed by atoms with Crippen LogP contribution < -0.4 is 10.6 Å². The van der Waals surface area contributed by atoms with Crippen molar-refractivity contribution < 1.29 is 9.72 Å². The number of anilines is 1. The van der Waals surface area contributed by atoms with Crippen molar-refractivity contribution in [2.75, 3.05) is 31.5 Å². The Morgan fingerprint density at radius 2 is 2.24 bits per heavy atom. The quantitative estimate of drug-likeness (QED) is 0.632. The first kappa shape index (κ1) is 15.2. The molecule has 2 rings (SSSR count). The van der Waals surface area contributed by atoms with Gasteiger partial charge in [-0.2, -0.15) is 0 Å². The van der Waals surface area contributed by atoms with E-state index >= 15 is 0 Å². The molecule has 0 aromatic heterocycles. The van der Waals surface area contributed by atoms with Gasteiger partial charge in [0.05, 0.1) is 4.92 Å². The molecular weight excluding hydrogens is 272 g/mol. The SMILES string of the molecule is CCNc1ccc([N+](=O)[O-])cc1CN1CCNC(=O)CC1. The molecule has 1 aliphatic rings. The van der Waals surface area contributed by atoms with Crippen LogP contribution >= 0.6 is 0 Å². The Morgan fingerprint density at radius 3 is 2.95 bits per heavy atom. The fourth-order valence-electron chi connectivity index (χ4n) is 2.40. The number of nitrogens with one attached hydrogen (secondary N) is 2. The van der Waals surface area contributed by atoms with Gasteiger partial charge in [-0.3, -0.25) is 19.8 Å². The summed E-state index contributed by atoms with van der Waals surface area (Å²) in [6.07, 6.45) is 0.464. The molecule has 0 unspecified atom stereocenters. The topological polar surface area (TPSA) is 87.5 Å². The van der Waals surface area contributed by atoms with E-state index in [1.807, 2.05) is 6.92 Å². The predicted molar refractivity (Wildman–Crippen MR) is 80.2 cm³/mol. The Balaban J connectivity index is 2.17. The fourth-order valence-corrected chi connectivity index (χ4v) is 2.40. The first-order valence-corrected chi connectivity index (χ1v) is 7.10. The molecule has 2 N–H and O–H groups in total. The van der Waals surface area contributed by atoms with Gasteiger partial charge in [-0.1, -0.05) is 0 Å². The van der Waals surface area contributed by atoms with Crippen LogP contribution in [0.2, 0.25) is 0 Å². The number of non-ortho nitro benzene ring substituents is 1. The Bertz CT molecular complexity index is 533. The van der Waals surface area contributed by atoms with Crippen molar-refractivity contribution in [2.45, 2.75) is 19.9 Å². The zero-order chi connectivity index (χ0) is 15.2. The van der Waals surface area contributed by atoms with Gasteiger partial charge in [0, 0.05) is 57.0 Å². The third-order valence-electron chi connectivity index (χ3n) is 3.47. The van der Waals surface area contributed by atoms with Crippen molar-refractivity contribution in [1.29, 1.82) is 0 Å². The number of hydrogen-bond donors (Lipinski definition) is 2. The maximum atomic E-state index is 11.4. The zero-order valence-corrected chi connectivity index (χ0v) is 12.1. The van der Waals surface area contributed by atoms with E-state index in [0.717, 1.165) is 24.3 Å². The van der Waals surface area contributed by atoms with Crippen molar-refractivity contribution >= 4 is 17.3 Å². The van der Waals surface area contributed by atoms with Crippen molar-refractivity contribution in [1.82, 2.24) is 10.2 Å². The molecule has 7 nitrogen and oxygen atoms in total. The van der Waals surface area contributed by atoms with Crippen molar-refractivity contribution in [3.8, 4) is 0 Å². The van der Waals surface area contributed by atoms with Crippen LogP contribution in [0.4, 0.5) is 11.4 Å². The van der Waals surface area contributed by atoms with Crippen LogP contribution in [0, 0.1) is 10.1 Å². The van der Waals surface area contributed by atoms with Crippen LogP contribution in [0.1, 0.15) is 18.9 Å². The lowest BCUT2D eigenvalue weighted by Crippen LogP contribution is -2.28. The highest BCUT2D eigenvalue weighted by molar-refractivity contribution is 5.76. The van der Waals surface area contributed by atoms with Crippen LogP contribution in [0.5, 0.6) is 0 Å². The van der Waals surface area contributed by atoms with E-state index in [4.69, 9.17) is 0 Å². The van der Waals surface area contributed by atoms with Crippen LogP contribution in [0.25, 0.3) is 0 Å². The predicted octanol–water partition coefficient (Wildman–Crippen LogP) is 1.35. The van der Waals surface area contributed by atoms with E-state index in [2.05, 4.69) is 15.5 Å². The first-order chi connectivity index (χ1) is 10.1. The molecule has 1 fully saturated rings. The van der Waals surface area contributed by atoms with Gasteiger partial charge in [0.1, 0.15) is 0 Å². The van der Waals surface area contributed by atoms with Gasteiger partial charge in [-0.25, -0.2) is 0 Å². The number of hydrogen-bond acceptors (Lipinski definition) is 5. The molecule has 1 aliphatic heterocycles. The molecule has 7 heteroatoms. The fraction of sp³-hybridized carbons (Fsp3) is 0.500. The number of nitro groups is 1. The number of rotatable bonds is 5. The van der Waals surface area contributed by atoms with E-state index in [1.54, 1.807) is 12.1 Å². The lowest BCUT2D eigenvalue weighted by molar-refractivity contribution is -0.384. The second-order valence-corrected chi connectivity index (χ2v) is 5.00. The number of amides is 1. The van der Waals surface area contributed by atoms with Crippen molar-refractivity contribution in [2.24, 2.45) is 0 Å². The molecule has 0 bridgehead atoms. The van der Waals surface area contributed by atoms with E-state index in [1.165, 1.54) is 6.07 Å². The number of carbonyl (C=O) groups is 1. The highest BCUT2D eigenvalue weighted by Crippen LogP contribution is 2.23. The van der Waals surface area contributed by atoms with Gasteiger partial charge in [0.15, 0.2) is 0 Å². The molecule has 1 aromatic carbocycles. The average molecular weight is 292 g/mol. The summed E-state index contributed by atoms with van der Waals surface area (Å²) < 4.78 is 0. The summed E-state index contributed by atoms with van der Waals surface area (Å²) >= 11 is 0. The summed E-state index contributed by atoms with van der Waals surface area (Å²) in [7, 11) is 0. The molecular formula is C14H20N4O3. The van der Waals surface area contributed by atoms with Gasteiger partial charge in [-0.15, -0.1) is 0 Å². The molecule has 0 aliphatic carbocycles. The van der Waals surface area contributed by atoms with Crippen molar-refractivity contribution in [3.63, 3.8) is 0 Å². The standard InChI is InChI=1S/C14H20N4O3/c1-2-15-13-4-3-12(18(20)21)9-11(13)10-17-7-5-14(19)16-6-8-17/h3-4,9,15H,2,5-8,10H2,1H3,(H,16,19). The first-order valence-electron chi connectivity index (χ1n) is 7.10. The zero-order valence-electron chi connectivity index (χ0n) is 12.1. The van der Waals surface area contributed by atoms with Crippen LogP contribution in [-0.4, -0.2) is 41.9 Å². The normalized spacial score (nSPS) is 16.1. The van der Waals surface area contributed by atoms with Crippen LogP contribution in [0.3, 0.4) is 0 Å². The Kier molecular flexibility index (Phi) is 5.10. The Hall–Kier alpha value is -2.15. The molecule has 114 valence electrons. The number of benzene rings is 1.